The summed E-state index contributed by atoms with van der Waals surface area (Å²) in [5.74, 6) is 0.719. The Hall–Kier alpha value is -1.35. The third kappa shape index (κ3) is 1.63. The van der Waals surface area contributed by atoms with Gasteiger partial charge in [-0.25, -0.2) is 9.37 Å². The Labute approximate surface area is 85.3 Å². The van der Waals surface area contributed by atoms with Crippen molar-refractivity contribution < 1.29 is 8.81 Å². The van der Waals surface area contributed by atoms with Crippen LogP contribution in [0.4, 0.5) is 4.39 Å². The van der Waals surface area contributed by atoms with Crippen molar-refractivity contribution in [3.05, 3.63) is 41.1 Å². The maximum atomic E-state index is 12.8. The first-order chi connectivity index (χ1) is 6.66. The van der Waals surface area contributed by atoms with Crippen LogP contribution in [0.2, 0.25) is 5.02 Å². The molecule has 1 aromatic carbocycles. The summed E-state index contributed by atoms with van der Waals surface area (Å²) in [5.41, 5.74) is 0.719. The van der Waals surface area contributed by atoms with Crippen LogP contribution >= 0.6 is 11.6 Å². The molecule has 0 aliphatic carbocycles. The highest BCUT2D eigenvalue weighted by molar-refractivity contribution is 6.31. The minimum absolute atomic E-state index is 0.0801. The van der Waals surface area contributed by atoms with Gasteiger partial charge in [-0.1, -0.05) is 11.6 Å². The molecule has 0 saturated carbocycles. The minimum atomic E-state index is -0.438. The van der Waals surface area contributed by atoms with Gasteiger partial charge in [0.2, 0.25) is 0 Å². The Morgan fingerprint density at radius 1 is 1.43 bits per heavy atom. The van der Waals surface area contributed by atoms with Gasteiger partial charge in [0, 0.05) is 12.5 Å². The molecule has 0 aliphatic heterocycles. The van der Waals surface area contributed by atoms with Crippen LogP contribution in [0.5, 0.6) is 0 Å². The highest BCUT2D eigenvalue weighted by atomic mass is 35.5. The molecule has 2 aromatic rings. The number of aryl methyl sites for hydroxylation is 1. The van der Waals surface area contributed by atoms with Crippen LogP contribution in [0.15, 0.2) is 28.8 Å². The summed E-state index contributed by atoms with van der Waals surface area (Å²) in [6.45, 7) is 1.74. The van der Waals surface area contributed by atoms with E-state index in [0.717, 1.165) is 5.56 Å². The lowest BCUT2D eigenvalue weighted by Crippen LogP contribution is -1.78. The Kier molecular flexibility index (Phi) is 2.25. The molecule has 1 aromatic heterocycles. The Bertz CT molecular complexity index is 467. The normalized spacial score (nSPS) is 10.5. The third-order valence-corrected chi connectivity index (χ3v) is 2.12. The number of hydrogen-bond donors (Lipinski definition) is 0. The van der Waals surface area contributed by atoms with Crippen LogP contribution in [-0.4, -0.2) is 4.98 Å². The lowest BCUT2D eigenvalue weighted by molar-refractivity contribution is 0.534. The number of benzene rings is 1. The van der Waals surface area contributed by atoms with Crippen molar-refractivity contribution in [2.75, 3.05) is 0 Å². The number of hydrogen-bond acceptors (Lipinski definition) is 2. The molecule has 0 unspecified atom stereocenters. The van der Waals surface area contributed by atoms with Gasteiger partial charge in [0.25, 0.3) is 0 Å². The molecule has 0 aliphatic rings. The Balaban J connectivity index is 2.47. The van der Waals surface area contributed by atoms with Crippen molar-refractivity contribution in [3.63, 3.8) is 0 Å². The van der Waals surface area contributed by atoms with Crippen LogP contribution in [0, 0.1) is 12.7 Å². The average molecular weight is 212 g/mol. The predicted octanol–water partition coefficient (Wildman–Crippen LogP) is 3.44. The van der Waals surface area contributed by atoms with Crippen molar-refractivity contribution in [1.29, 1.82) is 0 Å². The standard InChI is InChI=1S/C10H7ClFNO/c1-6-13-5-10(14-6)7-2-3-9(12)8(11)4-7/h2-5H,1H3. The second-order valence-electron chi connectivity index (χ2n) is 2.87. The summed E-state index contributed by atoms with van der Waals surface area (Å²) in [4.78, 5) is 3.94. The van der Waals surface area contributed by atoms with Gasteiger partial charge in [-0.2, -0.15) is 0 Å². The highest BCUT2D eigenvalue weighted by Gasteiger charge is 2.06. The fourth-order valence-corrected chi connectivity index (χ4v) is 1.32. The summed E-state index contributed by atoms with van der Waals surface area (Å²) in [6, 6.07) is 4.41. The zero-order valence-electron chi connectivity index (χ0n) is 7.42. The summed E-state index contributed by atoms with van der Waals surface area (Å²) < 4.78 is 18.1. The minimum Gasteiger partial charge on any atom is -0.441 e. The molecule has 0 saturated heterocycles. The highest BCUT2D eigenvalue weighted by Crippen LogP contribution is 2.25. The van der Waals surface area contributed by atoms with E-state index in [9.17, 15) is 4.39 Å². The van der Waals surface area contributed by atoms with E-state index in [1.807, 2.05) is 0 Å². The first kappa shape index (κ1) is 9.21. The van der Waals surface area contributed by atoms with Crippen LogP contribution in [0.1, 0.15) is 5.89 Å². The van der Waals surface area contributed by atoms with E-state index in [2.05, 4.69) is 4.98 Å². The SMILES string of the molecule is Cc1ncc(-c2ccc(F)c(Cl)c2)o1. The first-order valence-corrected chi connectivity index (χ1v) is 4.42. The van der Waals surface area contributed by atoms with E-state index in [1.54, 1.807) is 19.2 Å². The van der Waals surface area contributed by atoms with E-state index in [0.29, 0.717) is 11.7 Å². The van der Waals surface area contributed by atoms with Crippen molar-refractivity contribution in [2.24, 2.45) is 0 Å². The Morgan fingerprint density at radius 3 is 2.79 bits per heavy atom. The largest absolute Gasteiger partial charge is 0.441 e. The monoisotopic (exact) mass is 211 g/mol. The molecule has 14 heavy (non-hydrogen) atoms. The lowest BCUT2D eigenvalue weighted by Gasteiger charge is -1.97. The zero-order chi connectivity index (χ0) is 10.1. The molecule has 2 rings (SSSR count). The fraction of sp³-hybridized carbons (Fsp3) is 0.100. The fourth-order valence-electron chi connectivity index (χ4n) is 1.14. The van der Waals surface area contributed by atoms with Crippen LogP contribution in [-0.2, 0) is 0 Å². The van der Waals surface area contributed by atoms with E-state index in [-0.39, 0.29) is 5.02 Å². The number of rotatable bonds is 1. The molecule has 0 bridgehead atoms. The topological polar surface area (TPSA) is 26.0 Å². The van der Waals surface area contributed by atoms with Crippen LogP contribution in [0.3, 0.4) is 0 Å². The smallest absolute Gasteiger partial charge is 0.191 e. The van der Waals surface area contributed by atoms with Gasteiger partial charge >= 0.3 is 0 Å². The molecule has 72 valence electrons. The number of nitrogens with zero attached hydrogens (tertiary/aromatic N) is 1. The molecule has 1 heterocycles. The summed E-state index contributed by atoms with van der Waals surface area (Å²) in [5, 5.41) is 0.0801. The van der Waals surface area contributed by atoms with Gasteiger partial charge in [-0.3, -0.25) is 0 Å². The van der Waals surface area contributed by atoms with Crippen LogP contribution in [0.25, 0.3) is 11.3 Å². The maximum Gasteiger partial charge on any atom is 0.191 e. The van der Waals surface area contributed by atoms with E-state index >= 15 is 0 Å². The Morgan fingerprint density at radius 2 is 2.21 bits per heavy atom. The van der Waals surface area contributed by atoms with E-state index < -0.39 is 5.82 Å². The van der Waals surface area contributed by atoms with E-state index in [1.165, 1.54) is 12.1 Å². The molecule has 0 atom stereocenters. The molecule has 0 N–H and O–H groups in total. The van der Waals surface area contributed by atoms with Gasteiger partial charge in [0.05, 0.1) is 11.2 Å². The van der Waals surface area contributed by atoms with Gasteiger partial charge in [0.1, 0.15) is 5.82 Å². The molecule has 0 amide bonds. The molecule has 4 heteroatoms. The molecule has 0 spiro atoms. The third-order valence-electron chi connectivity index (χ3n) is 1.83. The van der Waals surface area contributed by atoms with Crippen molar-refractivity contribution in [1.82, 2.24) is 4.98 Å². The van der Waals surface area contributed by atoms with Crippen molar-refractivity contribution in [2.45, 2.75) is 6.92 Å². The summed E-state index contributed by atoms with van der Waals surface area (Å²) >= 11 is 5.63. The molecular formula is C10H7ClFNO. The van der Waals surface area contributed by atoms with E-state index in [4.69, 9.17) is 16.0 Å². The quantitative estimate of drug-likeness (QED) is 0.722. The molecular weight excluding hydrogens is 205 g/mol. The first-order valence-electron chi connectivity index (χ1n) is 4.04. The number of halogens is 2. The average Bonchev–Trinajstić information content (AvgIpc) is 2.57. The van der Waals surface area contributed by atoms with Gasteiger partial charge in [0.15, 0.2) is 11.7 Å². The second-order valence-corrected chi connectivity index (χ2v) is 3.28. The maximum absolute atomic E-state index is 12.8. The van der Waals surface area contributed by atoms with Crippen molar-refractivity contribution in [3.8, 4) is 11.3 Å². The number of oxazole rings is 1. The molecule has 2 nitrogen and oxygen atoms in total. The van der Waals surface area contributed by atoms with Gasteiger partial charge in [-0.05, 0) is 18.2 Å². The van der Waals surface area contributed by atoms with Crippen molar-refractivity contribution >= 4 is 11.6 Å². The number of aromatic nitrogens is 1. The molecule has 0 fully saturated rings. The predicted molar refractivity (Wildman–Crippen MR) is 51.6 cm³/mol. The van der Waals surface area contributed by atoms with Gasteiger partial charge in [-0.15, -0.1) is 0 Å². The second kappa shape index (κ2) is 3.42. The summed E-state index contributed by atoms with van der Waals surface area (Å²) in [7, 11) is 0. The van der Waals surface area contributed by atoms with Gasteiger partial charge < -0.3 is 4.42 Å². The zero-order valence-corrected chi connectivity index (χ0v) is 8.18. The summed E-state index contributed by atoms with van der Waals surface area (Å²) in [6.07, 6.45) is 1.58. The lowest BCUT2D eigenvalue weighted by atomic mass is 10.2. The molecule has 0 radical (unpaired) electrons. The van der Waals surface area contributed by atoms with Crippen LogP contribution < -0.4 is 0 Å².